The van der Waals surface area contributed by atoms with E-state index < -0.39 is 0 Å². The number of rotatable bonds is 3. The zero-order chi connectivity index (χ0) is 14.9. The van der Waals surface area contributed by atoms with Crippen LogP contribution in [0.3, 0.4) is 0 Å². The largest absolute Gasteiger partial charge is 0.0652 e. The van der Waals surface area contributed by atoms with Crippen LogP contribution >= 0.6 is 0 Å². The maximum atomic E-state index is 2.40. The summed E-state index contributed by atoms with van der Waals surface area (Å²) < 4.78 is 0. The average Bonchev–Trinajstić information content (AvgIpc) is 2.97. The molecule has 1 aliphatic rings. The summed E-state index contributed by atoms with van der Waals surface area (Å²) in [7, 11) is 0. The van der Waals surface area contributed by atoms with Gasteiger partial charge in [0, 0.05) is 0 Å². The minimum atomic E-state index is 1.11. The molecule has 0 aliphatic heterocycles. The third-order valence-corrected chi connectivity index (χ3v) is 4.63. The zero-order valence-corrected chi connectivity index (χ0v) is 13.0. The van der Waals surface area contributed by atoms with Crippen molar-refractivity contribution in [2.24, 2.45) is 0 Å². The summed E-state index contributed by atoms with van der Waals surface area (Å²) in [5.41, 5.74) is 7.25. The Morgan fingerprint density at radius 2 is 1.59 bits per heavy atom. The van der Waals surface area contributed by atoms with Crippen LogP contribution in [0.2, 0.25) is 0 Å². The monoisotopic (exact) mass is 284 g/mol. The van der Waals surface area contributed by atoms with Gasteiger partial charge in [0.15, 0.2) is 0 Å². The van der Waals surface area contributed by atoms with Gasteiger partial charge in [-0.25, -0.2) is 0 Å². The lowest BCUT2D eigenvalue weighted by atomic mass is 9.92. The first-order valence-electron chi connectivity index (χ1n) is 8.16. The van der Waals surface area contributed by atoms with E-state index in [0.29, 0.717) is 0 Å². The van der Waals surface area contributed by atoms with Gasteiger partial charge in [0.25, 0.3) is 0 Å². The Kier molecular flexibility index (Phi) is 3.31. The fourth-order valence-electron chi connectivity index (χ4n) is 3.63. The highest BCUT2D eigenvalue weighted by molar-refractivity contribution is 5.98. The molecule has 22 heavy (non-hydrogen) atoms. The molecular weight excluding hydrogens is 264 g/mol. The van der Waals surface area contributed by atoms with Crippen molar-refractivity contribution in [2.45, 2.75) is 26.2 Å². The van der Waals surface area contributed by atoms with Gasteiger partial charge in [0.2, 0.25) is 0 Å². The molecule has 0 nitrogen and oxygen atoms in total. The highest BCUT2D eigenvalue weighted by Gasteiger charge is 2.17. The molecule has 0 fully saturated rings. The maximum Gasteiger partial charge on any atom is -0.00517 e. The molecule has 0 unspecified atom stereocenters. The van der Waals surface area contributed by atoms with E-state index in [4.69, 9.17) is 0 Å². The van der Waals surface area contributed by atoms with E-state index in [0.717, 1.165) is 6.42 Å². The van der Waals surface area contributed by atoms with Crippen molar-refractivity contribution in [3.8, 4) is 11.1 Å². The second-order valence-electron chi connectivity index (χ2n) is 6.13. The summed E-state index contributed by atoms with van der Waals surface area (Å²) in [6.45, 7) is 2.26. The summed E-state index contributed by atoms with van der Waals surface area (Å²) in [5, 5.41) is 2.67. The molecule has 3 aromatic rings. The Labute approximate surface area is 132 Å². The Morgan fingerprint density at radius 3 is 2.50 bits per heavy atom. The molecule has 0 N–H and O–H groups in total. The fraction of sp³-hybridized carbons (Fsp3) is 0.182. The Bertz CT molecular complexity index is 863. The second kappa shape index (κ2) is 5.46. The van der Waals surface area contributed by atoms with Crippen LogP contribution in [0.4, 0.5) is 0 Å². The van der Waals surface area contributed by atoms with Gasteiger partial charge in [0.05, 0.1) is 0 Å². The van der Waals surface area contributed by atoms with E-state index in [9.17, 15) is 0 Å². The number of hydrogen-bond acceptors (Lipinski definition) is 0. The average molecular weight is 284 g/mol. The first-order valence-corrected chi connectivity index (χ1v) is 8.16. The minimum Gasteiger partial charge on any atom is -0.0652 e. The van der Waals surface area contributed by atoms with Gasteiger partial charge in [-0.15, -0.1) is 0 Å². The Morgan fingerprint density at radius 1 is 0.818 bits per heavy atom. The summed E-state index contributed by atoms with van der Waals surface area (Å²) in [4.78, 5) is 0. The van der Waals surface area contributed by atoms with Crippen LogP contribution in [-0.4, -0.2) is 0 Å². The van der Waals surface area contributed by atoms with E-state index in [2.05, 4.69) is 73.7 Å². The molecule has 0 aromatic heterocycles. The van der Waals surface area contributed by atoms with Gasteiger partial charge < -0.3 is 0 Å². The summed E-state index contributed by atoms with van der Waals surface area (Å²) in [6, 6.07) is 22.0. The highest BCUT2D eigenvalue weighted by Crippen LogP contribution is 2.37. The second-order valence-corrected chi connectivity index (χ2v) is 6.13. The molecular formula is C22H20. The number of hydrogen-bond donors (Lipinski definition) is 0. The third kappa shape index (κ3) is 2.16. The van der Waals surface area contributed by atoms with E-state index in [1.54, 1.807) is 5.57 Å². The van der Waals surface area contributed by atoms with Crippen LogP contribution in [-0.2, 0) is 6.42 Å². The topological polar surface area (TPSA) is 0 Å². The molecule has 108 valence electrons. The molecule has 0 radical (unpaired) electrons. The Hall–Kier alpha value is -2.34. The molecule has 0 heterocycles. The van der Waals surface area contributed by atoms with Crippen LogP contribution in [0.25, 0.3) is 28.0 Å². The molecule has 3 aromatic carbocycles. The van der Waals surface area contributed by atoms with E-state index >= 15 is 0 Å². The van der Waals surface area contributed by atoms with Crippen LogP contribution in [0, 0.1) is 0 Å². The summed E-state index contributed by atoms with van der Waals surface area (Å²) in [5.74, 6) is 0. The Balaban J connectivity index is 1.88. The predicted molar refractivity (Wildman–Crippen MR) is 96.0 cm³/mol. The smallest absolute Gasteiger partial charge is 0.00517 e. The van der Waals surface area contributed by atoms with Gasteiger partial charge in [-0.2, -0.15) is 0 Å². The predicted octanol–water partition coefficient (Wildman–Crippen LogP) is 6.25. The lowest BCUT2D eigenvalue weighted by molar-refractivity contribution is 0.887. The quantitative estimate of drug-likeness (QED) is 0.533. The SMILES string of the molecule is CCCC1=Cc2cccc(-c3cccc4ccccc34)c2C1. The van der Waals surface area contributed by atoms with Gasteiger partial charge in [-0.3, -0.25) is 0 Å². The summed E-state index contributed by atoms with van der Waals surface area (Å²) in [6.07, 6.45) is 5.95. The molecule has 0 saturated heterocycles. The number of allylic oxidation sites excluding steroid dienone is 1. The van der Waals surface area contributed by atoms with E-state index in [1.165, 1.54) is 45.9 Å². The summed E-state index contributed by atoms with van der Waals surface area (Å²) >= 11 is 0. The maximum absolute atomic E-state index is 2.40. The minimum absolute atomic E-state index is 1.11. The fourth-order valence-corrected chi connectivity index (χ4v) is 3.63. The molecule has 0 atom stereocenters. The van der Waals surface area contributed by atoms with Crippen molar-refractivity contribution in [2.75, 3.05) is 0 Å². The van der Waals surface area contributed by atoms with E-state index in [1.807, 2.05) is 0 Å². The lowest BCUT2D eigenvalue weighted by Crippen LogP contribution is -1.91. The van der Waals surface area contributed by atoms with Crippen LogP contribution < -0.4 is 0 Å². The van der Waals surface area contributed by atoms with Crippen molar-refractivity contribution in [1.82, 2.24) is 0 Å². The van der Waals surface area contributed by atoms with Crippen LogP contribution in [0.15, 0.2) is 66.2 Å². The zero-order valence-electron chi connectivity index (χ0n) is 13.0. The number of fused-ring (bicyclic) bond motifs is 2. The normalized spacial score (nSPS) is 13.2. The van der Waals surface area contributed by atoms with Gasteiger partial charge >= 0.3 is 0 Å². The molecule has 0 heteroatoms. The van der Waals surface area contributed by atoms with Gasteiger partial charge in [-0.05, 0) is 45.9 Å². The number of benzene rings is 3. The highest BCUT2D eigenvalue weighted by atomic mass is 14.2. The molecule has 1 aliphatic carbocycles. The third-order valence-electron chi connectivity index (χ3n) is 4.63. The van der Waals surface area contributed by atoms with Gasteiger partial charge in [0.1, 0.15) is 0 Å². The first kappa shape index (κ1) is 13.3. The van der Waals surface area contributed by atoms with Crippen molar-refractivity contribution in [3.05, 3.63) is 77.4 Å². The molecule has 0 saturated carbocycles. The van der Waals surface area contributed by atoms with Crippen LogP contribution in [0.5, 0.6) is 0 Å². The van der Waals surface area contributed by atoms with Gasteiger partial charge in [-0.1, -0.05) is 85.7 Å². The van der Waals surface area contributed by atoms with Crippen LogP contribution in [0.1, 0.15) is 30.9 Å². The van der Waals surface area contributed by atoms with Crippen molar-refractivity contribution >= 4 is 16.8 Å². The standard InChI is InChI=1S/C22H20/c1-2-7-16-14-18-10-6-13-21(22(18)15-16)20-12-5-9-17-8-3-4-11-19(17)20/h3-6,8-14H,2,7,15H2,1H3. The molecule has 0 spiro atoms. The molecule has 0 amide bonds. The van der Waals surface area contributed by atoms with Crippen molar-refractivity contribution < 1.29 is 0 Å². The van der Waals surface area contributed by atoms with E-state index in [-0.39, 0.29) is 0 Å². The molecule has 0 bridgehead atoms. The lowest BCUT2D eigenvalue weighted by Gasteiger charge is -2.12. The van der Waals surface area contributed by atoms with Crippen molar-refractivity contribution in [3.63, 3.8) is 0 Å². The first-order chi connectivity index (χ1) is 10.9. The van der Waals surface area contributed by atoms with Crippen molar-refractivity contribution in [1.29, 1.82) is 0 Å². The molecule has 4 rings (SSSR count).